The molecule has 0 amide bonds. The summed E-state index contributed by atoms with van der Waals surface area (Å²) in [6, 6.07) is 8.03. The van der Waals surface area contributed by atoms with Gasteiger partial charge in [0.25, 0.3) is 0 Å². The molecule has 0 radical (unpaired) electrons. The zero-order valence-electron chi connectivity index (χ0n) is 12.7. The molecule has 0 spiro atoms. The van der Waals surface area contributed by atoms with E-state index in [4.69, 9.17) is 12.2 Å². The summed E-state index contributed by atoms with van der Waals surface area (Å²) in [6.07, 6.45) is 2.27. The van der Waals surface area contributed by atoms with E-state index in [-0.39, 0.29) is 17.5 Å². The van der Waals surface area contributed by atoms with Gasteiger partial charge in [0, 0.05) is 6.04 Å². The molecule has 7 heteroatoms. The number of hydrazone groups is 1. The maximum absolute atomic E-state index is 11.4. The molecule has 1 aliphatic heterocycles. The average Bonchev–Trinajstić information content (AvgIpc) is 2.78. The van der Waals surface area contributed by atoms with Crippen molar-refractivity contribution < 1.29 is 8.42 Å². The van der Waals surface area contributed by atoms with E-state index in [1.54, 1.807) is 6.21 Å². The summed E-state index contributed by atoms with van der Waals surface area (Å²) < 4.78 is 22.7. The third-order valence-electron chi connectivity index (χ3n) is 3.55. The van der Waals surface area contributed by atoms with Gasteiger partial charge in [0.1, 0.15) is 0 Å². The Labute approximate surface area is 137 Å². The Bertz CT molecular complexity index is 652. The van der Waals surface area contributed by atoms with Gasteiger partial charge in [-0.25, -0.2) is 8.42 Å². The van der Waals surface area contributed by atoms with E-state index in [0.717, 1.165) is 5.56 Å². The summed E-state index contributed by atoms with van der Waals surface area (Å²) in [5.41, 5.74) is 4.98. The fourth-order valence-corrected chi connectivity index (χ4v) is 4.15. The summed E-state index contributed by atoms with van der Waals surface area (Å²) in [7, 11) is -2.90. The van der Waals surface area contributed by atoms with Crippen LogP contribution in [0.15, 0.2) is 29.4 Å². The zero-order chi connectivity index (χ0) is 16.2. The van der Waals surface area contributed by atoms with E-state index in [2.05, 4.69) is 41.8 Å². The van der Waals surface area contributed by atoms with Crippen LogP contribution in [0.5, 0.6) is 0 Å². The van der Waals surface area contributed by atoms with Crippen molar-refractivity contribution in [3.63, 3.8) is 0 Å². The number of hydrogen-bond acceptors (Lipinski definition) is 4. The van der Waals surface area contributed by atoms with Gasteiger partial charge in [0.2, 0.25) is 0 Å². The highest BCUT2D eigenvalue weighted by molar-refractivity contribution is 7.91. The van der Waals surface area contributed by atoms with Gasteiger partial charge in [-0.05, 0) is 35.7 Å². The van der Waals surface area contributed by atoms with Crippen molar-refractivity contribution in [2.24, 2.45) is 5.10 Å². The number of nitrogens with one attached hydrogen (secondary N) is 2. The maximum Gasteiger partial charge on any atom is 0.187 e. The molecule has 1 aromatic carbocycles. The van der Waals surface area contributed by atoms with Crippen molar-refractivity contribution in [3.8, 4) is 0 Å². The molecule has 1 fully saturated rings. The van der Waals surface area contributed by atoms with E-state index in [9.17, 15) is 8.42 Å². The summed E-state index contributed by atoms with van der Waals surface area (Å²) in [5.74, 6) is 0.858. The molecule has 1 aliphatic rings. The highest BCUT2D eigenvalue weighted by atomic mass is 32.2. The number of benzene rings is 1. The molecule has 120 valence electrons. The third-order valence-corrected chi connectivity index (χ3v) is 5.53. The second kappa shape index (κ2) is 7.19. The lowest BCUT2D eigenvalue weighted by molar-refractivity contribution is 0.600. The normalized spacial score (nSPS) is 20.4. The number of thiocarbonyl (C=S) groups is 1. The van der Waals surface area contributed by atoms with Crippen LogP contribution in [-0.2, 0) is 9.84 Å². The van der Waals surface area contributed by atoms with Crippen LogP contribution in [-0.4, -0.2) is 37.3 Å². The standard InChI is InChI=1S/C15H21N3O2S2/c1-11(2)13-5-3-12(4-6-13)9-16-18-15(21)17-14-7-8-22(19,20)10-14/h3-6,9,11,14H,7-8,10H2,1-2H3,(H2,17,18,21)/b16-9-/t14-/m0/s1. The molecule has 22 heavy (non-hydrogen) atoms. The van der Waals surface area contributed by atoms with Crippen LogP contribution in [0.1, 0.15) is 37.3 Å². The number of nitrogens with zero attached hydrogens (tertiary/aromatic N) is 1. The fraction of sp³-hybridized carbons (Fsp3) is 0.467. The first-order chi connectivity index (χ1) is 10.4. The van der Waals surface area contributed by atoms with Crippen molar-refractivity contribution in [2.75, 3.05) is 11.5 Å². The Morgan fingerprint density at radius 1 is 1.36 bits per heavy atom. The summed E-state index contributed by atoms with van der Waals surface area (Å²) in [6.45, 7) is 4.30. The van der Waals surface area contributed by atoms with Gasteiger partial charge in [-0.3, -0.25) is 5.43 Å². The average molecular weight is 339 g/mol. The van der Waals surface area contributed by atoms with Crippen molar-refractivity contribution in [2.45, 2.75) is 32.2 Å². The lowest BCUT2D eigenvalue weighted by atomic mass is 10.0. The molecular weight excluding hydrogens is 318 g/mol. The largest absolute Gasteiger partial charge is 0.358 e. The smallest absolute Gasteiger partial charge is 0.187 e. The van der Waals surface area contributed by atoms with Gasteiger partial charge in [-0.1, -0.05) is 38.1 Å². The Hall–Kier alpha value is -1.47. The Kier molecular flexibility index (Phi) is 5.52. The fourth-order valence-electron chi connectivity index (χ4n) is 2.26. The van der Waals surface area contributed by atoms with E-state index in [0.29, 0.717) is 17.5 Å². The molecule has 1 heterocycles. The molecule has 0 aromatic heterocycles. The Morgan fingerprint density at radius 3 is 2.59 bits per heavy atom. The van der Waals surface area contributed by atoms with Crippen molar-refractivity contribution in [3.05, 3.63) is 35.4 Å². The predicted molar refractivity (Wildman–Crippen MR) is 94.1 cm³/mol. The lowest BCUT2D eigenvalue weighted by Crippen LogP contribution is -2.40. The van der Waals surface area contributed by atoms with E-state index in [1.807, 2.05) is 12.1 Å². The van der Waals surface area contributed by atoms with Crippen LogP contribution >= 0.6 is 12.2 Å². The lowest BCUT2D eigenvalue weighted by Gasteiger charge is -2.12. The van der Waals surface area contributed by atoms with Gasteiger partial charge < -0.3 is 5.32 Å². The molecular formula is C15H21N3O2S2. The molecule has 1 atom stereocenters. The van der Waals surface area contributed by atoms with E-state index < -0.39 is 9.84 Å². The molecule has 2 N–H and O–H groups in total. The highest BCUT2D eigenvalue weighted by Crippen LogP contribution is 2.14. The molecule has 0 bridgehead atoms. The minimum atomic E-state index is -2.90. The molecule has 2 rings (SSSR count). The number of sulfone groups is 1. The first-order valence-corrected chi connectivity index (χ1v) is 9.48. The molecule has 0 unspecified atom stereocenters. The van der Waals surface area contributed by atoms with Gasteiger partial charge in [0.05, 0.1) is 17.7 Å². The van der Waals surface area contributed by atoms with E-state index in [1.165, 1.54) is 5.56 Å². The summed E-state index contributed by atoms with van der Waals surface area (Å²) >= 11 is 5.11. The first-order valence-electron chi connectivity index (χ1n) is 7.26. The molecule has 1 saturated heterocycles. The summed E-state index contributed by atoms with van der Waals surface area (Å²) in [4.78, 5) is 0. The minimum absolute atomic E-state index is 0.120. The third kappa shape index (κ3) is 5.06. The Morgan fingerprint density at radius 2 is 2.05 bits per heavy atom. The second-order valence-electron chi connectivity index (χ2n) is 5.76. The molecule has 5 nitrogen and oxygen atoms in total. The van der Waals surface area contributed by atoms with Crippen LogP contribution < -0.4 is 10.7 Å². The zero-order valence-corrected chi connectivity index (χ0v) is 14.4. The van der Waals surface area contributed by atoms with Gasteiger partial charge >= 0.3 is 0 Å². The van der Waals surface area contributed by atoms with Crippen LogP contribution in [0.4, 0.5) is 0 Å². The molecule has 1 aromatic rings. The second-order valence-corrected chi connectivity index (χ2v) is 8.40. The van der Waals surface area contributed by atoms with Crippen molar-refractivity contribution >= 4 is 33.4 Å². The van der Waals surface area contributed by atoms with Gasteiger partial charge in [0.15, 0.2) is 14.9 Å². The van der Waals surface area contributed by atoms with Gasteiger partial charge in [-0.2, -0.15) is 5.10 Å². The minimum Gasteiger partial charge on any atom is -0.358 e. The Balaban J connectivity index is 1.80. The van der Waals surface area contributed by atoms with Gasteiger partial charge in [-0.15, -0.1) is 0 Å². The van der Waals surface area contributed by atoms with Crippen LogP contribution in [0.25, 0.3) is 0 Å². The van der Waals surface area contributed by atoms with Crippen LogP contribution in [0.2, 0.25) is 0 Å². The SMILES string of the molecule is CC(C)c1ccc(/C=N\NC(=S)N[C@H]2CCS(=O)(=O)C2)cc1. The quantitative estimate of drug-likeness (QED) is 0.497. The molecule has 0 saturated carbocycles. The van der Waals surface area contributed by atoms with Crippen molar-refractivity contribution in [1.29, 1.82) is 0 Å². The first kappa shape index (κ1) is 16.9. The topological polar surface area (TPSA) is 70.6 Å². The van der Waals surface area contributed by atoms with E-state index >= 15 is 0 Å². The van der Waals surface area contributed by atoms with Crippen LogP contribution in [0, 0.1) is 0 Å². The maximum atomic E-state index is 11.4. The summed E-state index contributed by atoms with van der Waals surface area (Å²) in [5, 5.41) is 7.38. The predicted octanol–water partition coefficient (Wildman–Crippen LogP) is 1.80. The van der Waals surface area contributed by atoms with Crippen LogP contribution in [0.3, 0.4) is 0 Å². The monoisotopic (exact) mass is 339 g/mol. The highest BCUT2D eigenvalue weighted by Gasteiger charge is 2.28. The number of rotatable bonds is 4. The molecule has 0 aliphatic carbocycles. The van der Waals surface area contributed by atoms with Crippen molar-refractivity contribution in [1.82, 2.24) is 10.7 Å². The number of hydrogen-bond donors (Lipinski definition) is 2.